The number of ketones is 2. The zero-order chi connectivity index (χ0) is 26.1. The van der Waals surface area contributed by atoms with Crippen LogP contribution in [0.1, 0.15) is 69.4 Å². The Labute approximate surface area is 230 Å². The van der Waals surface area contributed by atoms with Crippen LogP contribution in [0.2, 0.25) is 0 Å². The van der Waals surface area contributed by atoms with Crippen LogP contribution < -0.4 is 9.47 Å². The molecule has 0 N–H and O–H groups in total. The molecule has 5 nitrogen and oxygen atoms in total. The van der Waals surface area contributed by atoms with Gasteiger partial charge in [-0.1, -0.05) is 12.1 Å². The molecule has 0 amide bonds. The van der Waals surface area contributed by atoms with Gasteiger partial charge in [0.15, 0.2) is 23.1 Å². The maximum atomic E-state index is 13.7. The third kappa shape index (κ3) is 4.94. The van der Waals surface area contributed by atoms with E-state index in [2.05, 4.69) is 34.4 Å². The van der Waals surface area contributed by atoms with Gasteiger partial charge in [0, 0.05) is 47.8 Å². The van der Waals surface area contributed by atoms with Crippen LogP contribution in [0.4, 0.5) is 4.39 Å². The highest BCUT2D eigenvalue weighted by molar-refractivity contribution is 14.1. The largest absolute Gasteiger partial charge is 0.490 e. The van der Waals surface area contributed by atoms with Gasteiger partial charge in [0.2, 0.25) is 0 Å². The lowest BCUT2D eigenvalue weighted by Gasteiger charge is -2.43. The fourth-order valence-corrected chi connectivity index (χ4v) is 6.65. The van der Waals surface area contributed by atoms with E-state index in [-0.39, 0.29) is 24.0 Å². The van der Waals surface area contributed by atoms with Gasteiger partial charge in [0.25, 0.3) is 0 Å². The van der Waals surface area contributed by atoms with Crippen LogP contribution in [0.3, 0.4) is 0 Å². The van der Waals surface area contributed by atoms with E-state index in [0.717, 1.165) is 69.5 Å². The van der Waals surface area contributed by atoms with Gasteiger partial charge in [-0.05, 0) is 97.5 Å². The Morgan fingerprint density at radius 2 is 1.62 bits per heavy atom. The summed E-state index contributed by atoms with van der Waals surface area (Å²) in [4.78, 5) is 29.0. The lowest BCUT2D eigenvalue weighted by Crippen LogP contribution is -2.39. The van der Waals surface area contributed by atoms with Crippen LogP contribution in [0.5, 0.6) is 11.5 Å². The van der Waals surface area contributed by atoms with Crippen molar-refractivity contribution in [2.45, 2.75) is 64.9 Å². The van der Waals surface area contributed by atoms with Gasteiger partial charge >= 0.3 is 0 Å². The number of nitrogens with zero attached hydrogens (tertiary/aromatic N) is 1. The van der Waals surface area contributed by atoms with E-state index in [1.807, 2.05) is 25.1 Å². The fourth-order valence-electron chi connectivity index (χ4n) is 5.87. The van der Waals surface area contributed by atoms with Gasteiger partial charge in [0.1, 0.15) is 12.4 Å². The van der Waals surface area contributed by atoms with Crippen LogP contribution in [0, 0.1) is 9.39 Å². The quantitative estimate of drug-likeness (QED) is 0.320. The van der Waals surface area contributed by atoms with E-state index in [4.69, 9.17) is 9.47 Å². The molecule has 1 heterocycles. The van der Waals surface area contributed by atoms with Crippen LogP contribution >= 0.6 is 22.6 Å². The molecule has 1 aliphatic heterocycles. The van der Waals surface area contributed by atoms with Crippen molar-refractivity contribution < 1.29 is 23.5 Å². The Kier molecular flexibility index (Phi) is 7.70. The minimum absolute atomic E-state index is 0.133. The predicted octanol–water partition coefficient (Wildman–Crippen LogP) is 6.84. The van der Waals surface area contributed by atoms with Gasteiger partial charge < -0.3 is 14.4 Å². The van der Waals surface area contributed by atoms with Crippen molar-refractivity contribution in [1.29, 1.82) is 0 Å². The minimum atomic E-state index is -0.390. The van der Waals surface area contributed by atoms with Crippen LogP contribution in [-0.4, -0.2) is 29.6 Å². The summed E-state index contributed by atoms with van der Waals surface area (Å²) in [6, 6.07) is 10.3. The molecule has 2 aliphatic carbocycles. The molecule has 2 aromatic rings. The Bertz CT molecular complexity index is 1270. The van der Waals surface area contributed by atoms with Crippen LogP contribution in [0.15, 0.2) is 58.9 Å². The third-order valence-electron chi connectivity index (χ3n) is 7.34. The van der Waals surface area contributed by atoms with Crippen LogP contribution in [-0.2, 0) is 16.2 Å². The van der Waals surface area contributed by atoms with Gasteiger partial charge in [-0.25, -0.2) is 4.39 Å². The lowest BCUT2D eigenvalue weighted by molar-refractivity contribution is -0.117. The van der Waals surface area contributed by atoms with Crippen molar-refractivity contribution in [2.75, 3.05) is 13.2 Å². The average molecular weight is 615 g/mol. The monoisotopic (exact) mass is 615 g/mol. The zero-order valence-corrected chi connectivity index (χ0v) is 23.4. The van der Waals surface area contributed by atoms with E-state index in [1.54, 1.807) is 6.07 Å². The summed E-state index contributed by atoms with van der Waals surface area (Å²) in [6.45, 7) is 5.38. The number of carbonyl (C=O) groups is 2. The second-order valence-corrected chi connectivity index (χ2v) is 10.8. The maximum Gasteiger partial charge on any atom is 0.174 e. The molecule has 5 rings (SSSR count). The van der Waals surface area contributed by atoms with Gasteiger partial charge in [0.05, 0.1) is 10.2 Å². The van der Waals surface area contributed by atoms with E-state index in [9.17, 15) is 14.0 Å². The summed E-state index contributed by atoms with van der Waals surface area (Å²) >= 11 is 2.22. The number of halogens is 2. The second kappa shape index (κ2) is 11.0. The molecule has 0 fully saturated rings. The first-order valence-corrected chi connectivity index (χ1v) is 14.1. The van der Waals surface area contributed by atoms with Crippen molar-refractivity contribution in [3.63, 3.8) is 0 Å². The molecular weight excluding hydrogens is 584 g/mol. The minimum Gasteiger partial charge on any atom is -0.490 e. The lowest BCUT2D eigenvalue weighted by atomic mass is 9.71. The zero-order valence-electron chi connectivity index (χ0n) is 21.2. The van der Waals surface area contributed by atoms with E-state index in [0.29, 0.717) is 30.9 Å². The first kappa shape index (κ1) is 25.9. The molecule has 0 spiro atoms. The number of rotatable bonds is 7. The first-order chi connectivity index (χ1) is 17.9. The molecule has 7 heteroatoms. The van der Waals surface area contributed by atoms with Crippen molar-refractivity contribution in [3.8, 4) is 11.5 Å². The number of hydrogen-bond donors (Lipinski definition) is 0. The summed E-state index contributed by atoms with van der Waals surface area (Å²) in [6.07, 6.45) is 4.39. The standard InChI is InChI=1S/C30H31FINO4/c1-3-33-22-10-6-12-24(34)28(22)27(29-23(33)11-7-13-25(29)35)19-15-21(32)30(26(16-19)36-4-2)37-17-18-8-5-9-20(31)14-18/h5,8-9,14-16,27H,3-4,6-7,10-13,17H2,1-2H3. The highest BCUT2D eigenvalue weighted by atomic mass is 127. The number of Topliss-reactive ketones (excluding diaryl/α,β-unsaturated/α-hetero) is 2. The summed E-state index contributed by atoms with van der Waals surface area (Å²) in [5.74, 6) is 0.711. The summed E-state index contributed by atoms with van der Waals surface area (Å²) in [5, 5.41) is 0. The third-order valence-corrected chi connectivity index (χ3v) is 8.14. The molecule has 0 bridgehead atoms. The summed E-state index contributed by atoms with van der Waals surface area (Å²) in [5.41, 5.74) is 5.31. The molecule has 0 saturated heterocycles. The first-order valence-electron chi connectivity index (χ1n) is 13.1. The molecule has 0 unspecified atom stereocenters. The van der Waals surface area contributed by atoms with E-state index >= 15 is 0 Å². The Morgan fingerprint density at radius 3 is 2.22 bits per heavy atom. The topological polar surface area (TPSA) is 55.8 Å². The molecule has 0 atom stereocenters. The summed E-state index contributed by atoms with van der Waals surface area (Å²) < 4.78 is 26.6. The molecule has 37 heavy (non-hydrogen) atoms. The van der Waals surface area contributed by atoms with Gasteiger partial charge in [-0.15, -0.1) is 0 Å². The molecule has 194 valence electrons. The number of ether oxygens (including phenoxy) is 2. The Morgan fingerprint density at radius 1 is 0.946 bits per heavy atom. The highest BCUT2D eigenvalue weighted by Gasteiger charge is 2.43. The second-order valence-electron chi connectivity index (χ2n) is 9.63. The fraction of sp³-hybridized carbons (Fsp3) is 0.400. The maximum absolute atomic E-state index is 13.7. The van der Waals surface area contributed by atoms with E-state index < -0.39 is 5.92 Å². The normalized spacial score (nSPS) is 18.2. The Balaban J connectivity index is 1.61. The SMILES string of the molecule is CCOc1cc(C2C3=C(CCCC3=O)N(CC)C3=C2C(=O)CCC3)cc(I)c1OCc1cccc(F)c1. The van der Waals surface area contributed by atoms with Gasteiger partial charge in [-0.2, -0.15) is 0 Å². The molecule has 0 radical (unpaired) electrons. The van der Waals surface area contributed by atoms with E-state index in [1.165, 1.54) is 12.1 Å². The summed E-state index contributed by atoms with van der Waals surface area (Å²) in [7, 11) is 0. The molecule has 2 aromatic carbocycles. The van der Waals surface area contributed by atoms with Crippen molar-refractivity contribution >= 4 is 34.2 Å². The average Bonchev–Trinajstić information content (AvgIpc) is 2.87. The van der Waals surface area contributed by atoms with Crippen molar-refractivity contribution in [3.05, 3.63) is 79.5 Å². The molecular formula is C30H31FINO4. The van der Waals surface area contributed by atoms with Crippen molar-refractivity contribution in [2.24, 2.45) is 0 Å². The predicted molar refractivity (Wildman–Crippen MR) is 148 cm³/mol. The number of benzene rings is 2. The number of carbonyl (C=O) groups excluding carboxylic acids is 2. The number of hydrogen-bond acceptors (Lipinski definition) is 5. The molecule has 0 aromatic heterocycles. The highest BCUT2D eigenvalue weighted by Crippen LogP contribution is 2.50. The number of allylic oxidation sites excluding steroid dienone is 4. The molecule has 3 aliphatic rings. The molecule has 0 saturated carbocycles. The smallest absolute Gasteiger partial charge is 0.174 e. The van der Waals surface area contributed by atoms with Crippen molar-refractivity contribution in [1.82, 2.24) is 4.90 Å². The Hall–Kier alpha value is -2.68. The van der Waals surface area contributed by atoms with Gasteiger partial charge in [-0.3, -0.25) is 9.59 Å². The van der Waals surface area contributed by atoms with Crippen LogP contribution in [0.25, 0.3) is 0 Å².